The Morgan fingerprint density at radius 2 is 1.58 bits per heavy atom. The van der Waals surface area contributed by atoms with Gasteiger partial charge in [-0.15, -0.1) is 0 Å². The summed E-state index contributed by atoms with van der Waals surface area (Å²) < 4.78 is 0. The second-order valence-electron chi connectivity index (χ2n) is 7.03. The lowest BCUT2D eigenvalue weighted by atomic mass is 10.0. The first-order valence-corrected chi connectivity index (χ1v) is 9.16. The summed E-state index contributed by atoms with van der Waals surface area (Å²) >= 11 is 0. The van der Waals surface area contributed by atoms with E-state index in [1.165, 1.54) is 4.90 Å². The van der Waals surface area contributed by atoms with Crippen LogP contribution in [0.15, 0.2) is 30.3 Å². The number of likely N-dealkylation sites (N-methyl/N-ethyl adjacent to an activating group) is 1. The van der Waals surface area contributed by atoms with Gasteiger partial charge in [0.15, 0.2) is 0 Å². The highest BCUT2D eigenvalue weighted by molar-refractivity contribution is 5.91. The second-order valence-corrected chi connectivity index (χ2v) is 7.03. The second kappa shape index (κ2) is 10.6. The van der Waals surface area contributed by atoms with E-state index in [4.69, 9.17) is 0 Å². The van der Waals surface area contributed by atoms with Gasteiger partial charge in [-0.1, -0.05) is 44.2 Å². The quantitative estimate of drug-likeness (QED) is 0.703. The molecule has 0 heterocycles. The van der Waals surface area contributed by atoms with Gasteiger partial charge < -0.3 is 15.5 Å². The van der Waals surface area contributed by atoms with Gasteiger partial charge in [-0.3, -0.25) is 14.4 Å². The minimum Gasteiger partial charge on any atom is -0.352 e. The standard InChI is InChI=1S/C20H31N3O3/c1-6-23(13-18(25)21-15(4)5)20(26)19(14(2)3)22-17(24)12-16-10-8-7-9-11-16/h7-11,14-15,19H,6,12-13H2,1-5H3,(H,21,25)(H,22,24). The molecule has 144 valence electrons. The first kappa shape index (κ1) is 21.7. The highest BCUT2D eigenvalue weighted by Gasteiger charge is 2.29. The van der Waals surface area contributed by atoms with E-state index in [9.17, 15) is 14.4 Å². The third-order valence-electron chi connectivity index (χ3n) is 3.93. The number of carbonyl (C=O) groups is 3. The molecule has 0 radical (unpaired) electrons. The summed E-state index contributed by atoms with van der Waals surface area (Å²) in [5.41, 5.74) is 0.892. The van der Waals surface area contributed by atoms with Crippen LogP contribution < -0.4 is 10.6 Å². The fourth-order valence-electron chi connectivity index (χ4n) is 2.60. The van der Waals surface area contributed by atoms with E-state index in [2.05, 4.69) is 10.6 Å². The number of hydrogen-bond acceptors (Lipinski definition) is 3. The smallest absolute Gasteiger partial charge is 0.245 e. The van der Waals surface area contributed by atoms with Crippen molar-refractivity contribution in [2.24, 2.45) is 5.92 Å². The Morgan fingerprint density at radius 1 is 0.962 bits per heavy atom. The van der Waals surface area contributed by atoms with Gasteiger partial charge in [-0.25, -0.2) is 0 Å². The van der Waals surface area contributed by atoms with E-state index in [1.54, 1.807) is 0 Å². The van der Waals surface area contributed by atoms with Crippen molar-refractivity contribution in [1.82, 2.24) is 15.5 Å². The van der Waals surface area contributed by atoms with Crippen LogP contribution in [0.1, 0.15) is 40.2 Å². The van der Waals surface area contributed by atoms with Crippen LogP contribution in [0, 0.1) is 5.92 Å². The molecule has 1 aromatic rings. The largest absolute Gasteiger partial charge is 0.352 e. The maximum atomic E-state index is 12.9. The first-order chi connectivity index (χ1) is 12.2. The van der Waals surface area contributed by atoms with Crippen molar-refractivity contribution in [1.29, 1.82) is 0 Å². The van der Waals surface area contributed by atoms with E-state index in [0.717, 1.165) is 5.56 Å². The van der Waals surface area contributed by atoms with Gasteiger partial charge in [-0.05, 0) is 32.3 Å². The topological polar surface area (TPSA) is 78.5 Å². The van der Waals surface area contributed by atoms with Gasteiger partial charge >= 0.3 is 0 Å². The van der Waals surface area contributed by atoms with Crippen molar-refractivity contribution in [3.8, 4) is 0 Å². The van der Waals surface area contributed by atoms with Crippen molar-refractivity contribution in [3.63, 3.8) is 0 Å². The molecule has 2 N–H and O–H groups in total. The summed E-state index contributed by atoms with van der Waals surface area (Å²) in [6, 6.07) is 8.75. The van der Waals surface area contributed by atoms with E-state index in [0.29, 0.717) is 6.54 Å². The highest BCUT2D eigenvalue weighted by Crippen LogP contribution is 2.08. The predicted molar refractivity (Wildman–Crippen MR) is 102 cm³/mol. The van der Waals surface area contributed by atoms with E-state index < -0.39 is 6.04 Å². The minimum atomic E-state index is -0.655. The normalized spacial score (nSPS) is 12.0. The Bertz CT molecular complexity index is 600. The molecule has 1 atom stereocenters. The Kier molecular flexibility index (Phi) is 8.82. The van der Waals surface area contributed by atoms with Gasteiger partial charge in [0.05, 0.1) is 13.0 Å². The molecule has 3 amide bonds. The summed E-state index contributed by atoms with van der Waals surface area (Å²) in [5.74, 6) is -0.716. The molecule has 0 aromatic heterocycles. The molecule has 6 heteroatoms. The first-order valence-electron chi connectivity index (χ1n) is 9.16. The molecule has 0 fully saturated rings. The van der Waals surface area contributed by atoms with Gasteiger partial charge in [0, 0.05) is 12.6 Å². The van der Waals surface area contributed by atoms with Crippen molar-refractivity contribution in [2.45, 2.75) is 53.1 Å². The Morgan fingerprint density at radius 3 is 2.08 bits per heavy atom. The molecule has 1 rings (SSSR count). The number of nitrogens with zero attached hydrogens (tertiary/aromatic N) is 1. The maximum absolute atomic E-state index is 12.9. The molecular formula is C20H31N3O3. The minimum absolute atomic E-state index is 0.00864. The molecule has 0 aliphatic carbocycles. The average Bonchev–Trinajstić information content (AvgIpc) is 2.57. The fourth-order valence-corrected chi connectivity index (χ4v) is 2.60. The molecule has 0 saturated carbocycles. The van der Waals surface area contributed by atoms with Crippen LogP contribution >= 0.6 is 0 Å². The molecule has 0 saturated heterocycles. The van der Waals surface area contributed by atoms with Crippen LogP contribution in [0.4, 0.5) is 0 Å². The molecule has 1 unspecified atom stereocenters. The number of amides is 3. The monoisotopic (exact) mass is 361 g/mol. The summed E-state index contributed by atoms with van der Waals surface area (Å²) in [5, 5.41) is 5.62. The Hall–Kier alpha value is -2.37. The lowest BCUT2D eigenvalue weighted by molar-refractivity contribution is -0.140. The molecule has 1 aromatic carbocycles. The van der Waals surface area contributed by atoms with Crippen molar-refractivity contribution in [2.75, 3.05) is 13.1 Å². The number of rotatable bonds is 9. The average molecular weight is 361 g/mol. The highest BCUT2D eigenvalue weighted by atomic mass is 16.2. The molecule has 0 aliphatic rings. The van der Waals surface area contributed by atoms with Gasteiger partial charge in [0.1, 0.15) is 6.04 Å². The number of benzene rings is 1. The van der Waals surface area contributed by atoms with E-state index in [1.807, 2.05) is 65.0 Å². The van der Waals surface area contributed by atoms with Gasteiger partial charge in [-0.2, -0.15) is 0 Å². The number of nitrogens with one attached hydrogen (secondary N) is 2. The Balaban J connectivity index is 2.75. The zero-order chi connectivity index (χ0) is 19.7. The van der Waals surface area contributed by atoms with Gasteiger partial charge in [0.2, 0.25) is 17.7 Å². The van der Waals surface area contributed by atoms with Crippen LogP contribution in [-0.2, 0) is 20.8 Å². The Labute approximate surface area is 156 Å². The summed E-state index contributed by atoms with van der Waals surface area (Å²) in [6.07, 6.45) is 0.220. The van der Waals surface area contributed by atoms with Crippen LogP contribution in [0.2, 0.25) is 0 Å². The number of hydrogen-bond donors (Lipinski definition) is 2. The van der Waals surface area contributed by atoms with E-state index >= 15 is 0 Å². The van der Waals surface area contributed by atoms with Crippen molar-refractivity contribution in [3.05, 3.63) is 35.9 Å². The van der Waals surface area contributed by atoms with Crippen LogP contribution in [0.25, 0.3) is 0 Å². The zero-order valence-electron chi connectivity index (χ0n) is 16.4. The third kappa shape index (κ3) is 7.25. The predicted octanol–water partition coefficient (Wildman–Crippen LogP) is 1.74. The van der Waals surface area contributed by atoms with E-state index in [-0.39, 0.29) is 42.6 Å². The summed E-state index contributed by atoms with van der Waals surface area (Å²) in [7, 11) is 0. The van der Waals surface area contributed by atoms with Crippen LogP contribution in [0.3, 0.4) is 0 Å². The summed E-state index contributed by atoms with van der Waals surface area (Å²) in [4.78, 5) is 38.7. The number of carbonyl (C=O) groups excluding carboxylic acids is 3. The molecule has 0 aliphatic heterocycles. The zero-order valence-corrected chi connectivity index (χ0v) is 16.4. The molecule has 0 bridgehead atoms. The molecule has 6 nitrogen and oxygen atoms in total. The van der Waals surface area contributed by atoms with Crippen molar-refractivity contribution < 1.29 is 14.4 Å². The molecule has 26 heavy (non-hydrogen) atoms. The van der Waals surface area contributed by atoms with Crippen LogP contribution in [0.5, 0.6) is 0 Å². The molecule has 0 spiro atoms. The maximum Gasteiger partial charge on any atom is 0.245 e. The lowest BCUT2D eigenvalue weighted by Crippen LogP contribution is -2.53. The van der Waals surface area contributed by atoms with Crippen LogP contribution in [-0.4, -0.2) is 47.8 Å². The van der Waals surface area contributed by atoms with Gasteiger partial charge in [0.25, 0.3) is 0 Å². The SMILES string of the molecule is CCN(CC(=O)NC(C)C)C(=O)C(NC(=O)Cc1ccccc1)C(C)C. The summed E-state index contributed by atoms with van der Waals surface area (Å²) in [6.45, 7) is 9.73. The molecular weight excluding hydrogens is 330 g/mol. The fraction of sp³-hybridized carbons (Fsp3) is 0.550. The lowest BCUT2D eigenvalue weighted by Gasteiger charge is -2.29. The third-order valence-corrected chi connectivity index (χ3v) is 3.93. The van der Waals surface area contributed by atoms with Crippen molar-refractivity contribution >= 4 is 17.7 Å².